The fourth-order valence-electron chi connectivity index (χ4n) is 2.90. The maximum absolute atomic E-state index is 13.1. The van der Waals surface area contributed by atoms with E-state index in [1.807, 2.05) is 0 Å². The molecule has 6 nitrogen and oxygen atoms in total. The van der Waals surface area contributed by atoms with Gasteiger partial charge in [-0.1, -0.05) is 12.1 Å². The average molecular weight is 329 g/mol. The number of likely N-dealkylation sites (tertiary alicyclic amines) is 1. The maximum Gasteiger partial charge on any atom is 0.322 e. The van der Waals surface area contributed by atoms with Gasteiger partial charge in [0.05, 0.1) is 11.0 Å². The van der Waals surface area contributed by atoms with E-state index in [4.69, 9.17) is 0 Å². The Labute approximate surface area is 138 Å². The smallest absolute Gasteiger partial charge is 0.317 e. The highest BCUT2D eigenvalue weighted by Crippen LogP contribution is 2.32. The average Bonchev–Trinajstić information content (AvgIpc) is 3.06. The zero-order valence-electron chi connectivity index (χ0n) is 12.8. The van der Waals surface area contributed by atoms with E-state index in [1.165, 1.54) is 36.4 Å². The molecule has 1 N–H and O–H groups in total. The molecule has 0 spiro atoms. The minimum Gasteiger partial charge on any atom is -0.317 e. The van der Waals surface area contributed by atoms with Crippen molar-refractivity contribution in [1.29, 1.82) is 0 Å². The van der Waals surface area contributed by atoms with E-state index in [-0.39, 0.29) is 23.6 Å². The Bertz CT molecular complexity index is 747. The second-order valence-electron chi connectivity index (χ2n) is 5.64. The predicted octanol–water partition coefficient (Wildman–Crippen LogP) is 4.10. The number of rotatable bonds is 3. The summed E-state index contributed by atoms with van der Waals surface area (Å²) in [6, 6.07) is 11.5. The summed E-state index contributed by atoms with van der Waals surface area (Å²) in [5, 5.41) is 13.4. The Hall–Kier alpha value is -2.96. The highest BCUT2D eigenvalue weighted by atomic mass is 19.1. The van der Waals surface area contributed by atoms with E-state index in [0.29, 0.717) is 12.2 Å². The van der Waals surface area contributed by atoms with E-state index < -0.39 is 4.92 Å². The van der Waals surface area contributed by atoms with Crippen LogP contribution in [0.1, 0.15) is 24.4 Å². The Morgan fingerprint density at radius 1 is 1.17 bits per heavy atom. The van der Waals surface area contributed by atoms with Gasteiger partial charge in [-0.25, -0.2) is 9.18 Å². The van der Waals surface area contributed by atoms with Gasteiger partial charge in [0.25, 0.3) is 5.69 Å². The molecule has 1 aliphatic rings. The molecule has 1 saturated heterocycles. The molecule has 3 rings (SSSR count). The number of carbonyl (C=O) groups excluding carboxylic acids is 1. The molecular weight excluding hydrogens is 313 g/mol. The first-order chi connectivity index (χ1) is 11.5. The number of hydrogen-bond donors (Lipinski definition) is 1. The number of nitro benzene ring substituents is 1. The van der Waals surface area contributed by atoms with Crippen molar-refractivity contribution in [3.05, 3.63) is 70.0 Å². The molecule has 2 aromatic rings. The Balaban J connectivity index is 1.71. The normalized spacial score (nSPS) is 16.9. The van der Waals surface area contributed by atoms with Gasteiger partial charge in [-0.05, 0) is 42.7 Å². The van der Waals surface area contributed by atoms with E-state index in [1.54, 1.807) is 17.0 Å². The molecular formula is C17H16FN3O3. The van der Waals surface area contributed by atoms with Crippen molar-refractivity contribution in [1.82, 2.24) is 4.90 Å². The van der Waals surface area contributed by atoms with Crippen LogP contribution in [-0.2, 0) is 0 Å². The third-order valence-corrected chi connectivity index (χ3v) is 4.10. The molecule has 1 unspecified atom stereocenters. The molecule has 1 aliphatic heterocycles. The van der Waals surface area contributed by atoms with Gasteiger partial charge >= 0.3 is 6.03 Å². The number of carbonyl (C=O) groups is 1. The monoisotopic (exact) mass is 329 g/mol. The summed E-state index contributed by atoms with van der Waals surface area (Å²) in [6.07, 6.45) is 1.69. The van der Waals surface area contributed by atoms with Crippen LogP contribution in [-0.4, -0.2) is 22.4 Å². The standard InChI is InChI=1S/C17H16FN3O3/c18-13-5-3-12(4-6-13)16-2-1-11-20(16)17(22)19-14-7-9-15(10-8-14)21(23)24/h3-10,16H,1-2,11H2,(H,19,22). The van der Waals surface area contributed by atoms with Crippen LogP contribution in [0.4, 0.5) is 20.6 Å². The van der Waals surface area contributed by atoms with E-state index in [2.05, 4.69) is 5.32 Å². The van der Waals surface area contributed by atoms with Crippen molar-refractivity contribution in [3.8, 4) is 0 Å². The van der Waals surface area contributed by atoms with Crippen LogP contribution < -0.4 is 5.32 Å². The first-order valence-corrected chi connectivity index (χ1v) is 7.62. The van der Waals surface area contributed by atoms with Crippen LogP contribution in [0.5, 0.6) is 0 Å². The fourth-order valence-corrected chi connectivity index (χ4v) is 2.90. The number of urea groups is 1. The quantitative estimate of drug-likeness (QED) is 0.680. The van der Waals surface area contributed by atoms with Crippen LogP contribution in [0, 0.1) is 15.9 Å². The minimum atomic E-state index is -0.489. The van der Waals surface area contributed by atoms with Crippen LogP contribution in [0.2, 0.25) is 0 Å². The van der Waals surface area contributed by atoms with E-state index >= 15 is 0 Å². The summed E-state index contributed by atoms with van der Waals surface area (Å²) in [7, 11) is 0. The Kier molecular flexibility index (Phi) is 4.41. The fraction of sp³-hybridized carbons (Fsp3) is 0.235. The lowest BCUT2D eigenvalue weighted by atomic mass is 10.0. The summed E-state index contributed by atoms with van der Waals surface area (Å²) < 4.78 is 13.1. The number of halogens is 1. The summed E-state index contributed by atoms with van der Waals surface area (Å²) in [5.41, 5.74) is 1.36. The highest BCUT2D eigenvalue weighted by molar-refractivity contribution is 5.90. The third kappa shape index (κ3) is 3.34. The SMILES string of the molecule is O=C(Nc1ccc([N+](=O)[O-])cc1)N1CCCC1c1ccc(F)cc1. The van der Waals surface area contributed by atoms with Crippen molar-refractivity contribution >= 4 is 17.4 Å². The van der Waals surface area contributed by atoms with Crippen LogP contribution in [0.3, 0.4) is 0 Å². The molecule has 1 fully saturated rings. The first-order valence-electron chi connectivity index (χ1n) is 7.62. The van der Waals surface area contributed by atoms with Crippen LogP contribution in [0.25, 0.3) is 0 Å². The van der Waals surface area contributed by atoms with Crippen molar-refractivity contribution in [2.45, 2.75) is 18.9 Å². The number of nitrogens with one attached hydrogen (secondary N) is 1. The summed E-state index contributed by atoms with van der Waals surface area (Å²) in [4.78, 5) is 24.4. The lowest BCUT2D eigenvalue weighted by Crippen LogP contribution is -2.34. The lowest BCUT2D eigenvalue weighted by Gasteiger charge is -2.25. The van der Waals surface area contributed by atoms with Crippen molar-refractivity contribution in [2.24, 2.45) is 0 Å². The number of amides is 2. The molecule has 2 amide bonds. The second kappa shape index (κ2) is 6.66. The summed E-state index contributed by atoms with van der Waals surface area (Å²) >= 11 is 0. The molecule has 0 radical (unpaired) electrons. The molecule has 0 saturated carbocycles. The molecule has 7 heteroatoms. The van der Waals surface area contributed by atoms with Gasteiger partial charge in [0, 0.05) is 24.4 Å². The zero-order valence-corrected chi connectivity index (χ0v) is 12.8. The van der Waals surface area contributed by atoms with Gasteiger partial charge in [0.1, 0.15) is 5.82 Å². The number of hydrogen-bond acceptors (Lipinski definition) is 3. The van der Waals surface area contributed by atoms with Crippen molar-refractivity contribution in [2.75, 3.05) is 11.9 Å². The Morgan fingerprint density at radius 3 is 2.46 bits per heavy atom. The highest BCUT2D eigenvalue weighted by Gasteiger charge is 2.30. The molecule has 0 bridgehead atoms. The molecule has 1 heterocycles. The van der Waals surface area contributed by atoms with Crippen molar-refractivity contribution < 1.29 is 14.1 Å². The van der Waals surface area contributed by atoms with Crippen LogP contribution in [0.15, 0.2) is 48.5 Å². The number of nitrogens with zero attached hydrogens (tertiary/aromatic N) is 2. The third-order valence-electron chi connectivity index (χ3n) is 4.10. The molecule has 0 aliphatic carbocycles. The number of nitro groups is 1. The van der Waals surface area contributed by atoms with E-state index in [0.717, 1.165) is 18.4 Å². The maximum atomic E-state index is 13.1. The Morgan fingerprint density at radius 2 is 1.83 bits per heavy atom. The van der Waals surface area contributed by atoms with Gasteiger partial charge in [0.15, 0.2) is 0 Å². The minimum absolute atomic E-state index is 0.0293. The molecule has 0 aromatic heterocycles. The van der Waals surface area contributed by atoms with Gasteiger partial charge < -0.3 is 10.2 Å². The van der Waals surface area contributed by atoms with Crippen LogP contribution >= 0.6 is 0 Å². The van der Waals surface area contributed by atoms with E-state index in [9.17, 15) is 19.3 Å². The molecule has 24 heavy (non-hydrogen) atoms. The topological polar surface area (TPSA) is 75.5 Å². The summed E-state index contributed by atoms with van der Waals surface area (Å²) in [6.45, 7) is 0.612. The molecule has 124 valence electrons. The largest absolute Gasteiger partial charge is 0.322 e. The first kappa shape index (κ1) is 15.9. The number of benzene rings is 2. The molecule has 2 aromatic carbocycles. The van der Waals surface area contributed by atoms with Gasteiger partial charge in [-0.3, -0.25) is 10.1 Å². The second-order valence-corrected chi connectivity index (χ2v) is 5.64. The van der Waals surface area contributed by atoms with Gasteiger partial charge in [-0.15, -0.1) is 0 Å². The summed E-state index contributed by atoms with van der Waals surface area (Å²) in [5.74, 6) is -0.307. The number of anilines is 1. The number of non-ortho nitro benzene ring substituents is 1. The molecule has 1 atom stereocenters. The van der Waals surface area contributed by atoms with Crippen molar-refractivity contribution in [3.63, 3.8) is 0 Å². The van der Waals surface area contributed by atoms with Gasteiger partial charge in [-0.2, -0.15) is 0 Å². The lowest BCUT2D eigenvalue weighted by molar-refractivity contribution is -0.384. The predicted molar refractivity (Wildman–Crippen MR) is 87.2 cm³/mol. The van der Waals surface area contributed by atoms with Gasteiger partial charge in [0.2, 0.25) is 0 Å². The zero-order chi connectivity index (χ0) is 17.1.